The van der Waals surface area contributed by atoms with Crippen LogP contribution in [-0.2, 0) is 0 Å². The van der Waals surface area contributed by atoms with Crippen LogP contribution < -0.4 is 5.32 Å². The van der Waals surface area contributed by atoms with Crippen LogP contribution in [0.1, 0.15) is 35.1 Å². The molecule has 4 heteroatoms. The number of halogens is 3. The van der Waals surface area contributed by atoms with Crippen molar-refractivity contribution in [2.24, 2.45) is 5.92 Å². The van der Waals surface area contributed by atoms with Gasteiger partial charge in [0.15, 0.2) is 0 Å². The Morgan fingerprint density at radius 2 is 1.55 bits per heavy atom. The lowest BCUT2D eigenvalue weighted by molar-refractivity contribution is 0.899. The van der Waals surface area contributed by atoms with E-state index in [0.29, 0.717) is 5.02 Å². The first-order valence-corrected chi connectivity index (χ1v) is 11.5. The van der Waals surface area contributed by atoms with Crippen LogP contribution in [0.4, 0.5) is 5.69 Å². The highest BCUT2D eigenvalue weighted by Gasteiger charge is 2.62. The molecule has 0 radical (unpaired) electrons. The molecule has 0 saturated heterocycles. The summed E-state index contributed by atoms with van der Waals surface area (Å²) in [7, 11) is 0. The molecule has 0 aromatic heterocycles. The van der Waals surface area contributed by atoms with Gasteiger partial charge in [-0.2, -0.15) is 0 Å². The monoisotopic (exact) mass is 469 g/mol. The average molecular weight is 471 g/mol. The number of anilines is 1. The molecule has 1 fully saturated rings. The van der Waals surface area contributed by atoms with Gasteiger partial charge in [-0.3, -0.25) is 0 Å². The summed E-state index contributed by atoms with van der Waals surface area (Å²) in [4.78, 5) is -0.354. The Balaban J connectivity index is 1.58. The topological polar surface area (TPSA) is 12.0 Å². The van der Waals surface area contributed by atoms with E-state index in [2.05, 4.69) is 63.0 Å². The summed E-state index contributed by atoms with van der Waals surface area (Å²) in [5.41, 5.74) is 8.65. The fraction of sp³-hybridized carbons (Fsp3) is 0.259. The summed E-state index contributed by atoms with van der Waals surface area (Å²) in [5.74, 6) is 0.380. The number of nitrogens with one attached hydrogen (secondary N) is 1. The second kappa shape index (κ2) is 8.20. The van der Waals surface area contributed by atoms with Crippen molar-refractivity contribution in [3.63, 3.8) is 0 Å². The van der Waals surface area contributed by atoms with E-state index in [9.17, 15) is 0 Å². The second-order valence-electron chi connectivity index (χ2n) is 8.84. The number of hydrogen-bond donors (Lipinski definition) is 1. The van der Waals surface area contributed by atoms with Crippen LogP contribution in [0.5, 0.6) is 0 Å². The van der Waals surface area contributed by atoms with Gasteiger partial charge in [-0.25, -0.2) is 0 Å². The smallest absolute Gasteiger partial charge is 0.0582 e. The third-order valence-corrected chi connectivity index (χ3v) is 7.38. The van der Waals surface area contributed by atoms with Crippen LogP contribution in [-0.4, -0.2) is 4.87 Å². The molecule has 3 aromatic rings. The average Bonchev–Trinajstić information content (AvgIpc) is 3.27. The van der Waals surface area contributed by atoms with Crippen molar-refractivity contribution in [1.82, 2.24) is 0 Å². The van der Waals surface area contributed by atoms with Crippen molar-refractivity contribution in [1.29, 1.82) is 0 Å². The van der Waals surface area contributed by atoms with Crippen molar-refractivity contribution in [2.45, 2.75) is 38.5 Å². The van der Waals surface area contributed by atoms with Gasteiger partial charge in [0.25, 0.3) is 0 Å². The molecule has 0 aliphatic heterocycles. The minimum absolute atomic E-state index is 0.146. The summed E-state index contributed by atoms with van der Waals surface area (Å²) >= 11 is 19.6. The molecule has 160 valence electrons. The van der Waals surface area contributed by atoms with E-state index in [1.165, 1.54) is 16.7 Å². The number of alkyl halides is 1. The summed E-state index contributed by atoms with van der Waals surface area (Å²) < 4.78 is 0. The highest BCUT2D eigenvalue weighted by atomic mass is 35.5. The van der Waals surface area contributed by atoms with Crippen LogP contribution in [0.3, 0.4) is 0 Å². The Hall–Kier alpha value is -1.93. The van der Waals surface area contributed by atoms with Crippen molar-refractivity contribution in [2.75, 3.05) is 5.32 Å². The zero-order chi connectivity index (χ0) is 22.5. The minimum Gasteiger partial charge on any atom is -0.359 e. The van der Waals surface area contributed by atoms with Gasteiger partial charge in [0.1, 0.15) is 0 Å². The number of hydrogen-bond acceptors (Lipinski definition) is 1. The zero-order valence-electron chi connectivity index (χ0n) is 18.2. The summed E-state index contributed by atoms with van der Waals surface area (Å²) in [6.45, 7) is 12.7. The van der Waals surface area contributed by atoms with Gasteiger partial charge in [0.05, 0.1) is 4.87 Å². The third kappa shape index (κ3) is 4.37. The third-order valence-electron chi connectivity index (χ3n) is 6.16. The molecule has 0 heterocycles. The van der Waals surface area contributed by atoms with Crippen molar-refractivity contribution in [3.8, 4) is 11.1 Å². The minimum atomic E-state index is -0.354. The molecule has 1 saturated carbocycles. The molecule has 1 aliphatic carbocycles. The predicted octanol–water partition coefficient (Wildman–Crippen LogP) is 8.92. The summed E-state index contributed by atoms with van der Waals surface area (Å²) in [5, 5.41) is 4.93. The first kappa shape index (κ1) is 22.3. The lowest BCUT2D eigenvalue weighted by Crippen LogP contribution is -2.05. The van der Waals surface area contributed by atoms with E-state index < -0.39 is 0 Å². The maximum atomic E-state index is 6.92. The van der Waals surface area contributed by atoms with E-state index in [1.807, 2.05) is 31.2 Å². The maximum Gasteiger partial charge on any atom is 0.0582 e. The van der Waals surface area contributed by atoms with Crippen molar-refractivity contribution >= 4 is 40.5 Å². The quantitative estimate of drug-likeness (QED) is 0.367. The summed E-state index contributed by atoms with van der Waals surface area (Å²) in [6, 6.07) is 18.5. The molecule has 0 amide bonds. The number of rotatable bonds is 5. The predicted molar refractivity (Wildman–Crippen MR) is 136 cm³/mol. The van der Waals surface area contributed by atoms with Crippen LogP contribution in [0.15, 0.2) is 66.9 Å². The Morgan fingerprint density at radius 1 is 0.903 bits per heavy atom. The molecule has 0 spiro atoms. The first-order valence-electron chi connectivity index (χ1n) is 10.4. The normalized spacial score (nSPS) is 22.3. The van der Waals surface area contributed by atoms with Gasteiger partial charge in [-0.05, 0) is 74.7 Å². The van der Waals surface area contributed by atoms with Crippen LogP contribution >= 0.6 is 34.8 Å². The Morgan fingerprint density at radius 3 is 2.19 bits per heavy atom. The molecule has 3 unspecified atom stereocenters. The van der Waals surface area contributed by atoms with Gasteiger partial charge >= 0.3 is 0 Å². The molecule has 1 nitrogen and oxygen atoms in total. The van der Waals surface area contributed by atoms with Gasteiger partial charge in [0.2, 0.25) is 0 Å². The van der Waals surface area contributed by atoms with E-state index in [1.54, 1.807) is 0 Å². The Kier molecular flexibility index (Phi) is 5.89. The van der Waals surface area contributed by atoms with Crippen LogP contribution in [0, 0.1) is 26.7 Å². The van der Waals surface area contributed by atoms with Gasteiger partial charge in [0, 0.05) is 38.8 Å². The lowest BCUT2D eigenvalue weighted by atomic mass is 10.0. The van der Waals surface area contributed by atoms with E-state index in [4.69, 9.17) is 34.8 Å². The molecule has 4 rings (SSSR count). The standard InChI is InChI=1S/C27H26Cl3N/c1-15-10-16(2)12-20(11-15)26-25(27(26,5)30)18(4)31-21-7-9-24(29)22(14-21)19-6-8-23(28)17(3)13-19/h6-14,25-26,31H,4H2,1-3,5H3. The fourth-order valence-corrected chi connectivity index (χ4v) is 5.42. The molecular weight excluding hydrogens is 445 g/mol. The molecule has 1 N–H and O–H groups in total. The van der Waals surface area contributed by atoms with Crippen molar-refractivity contribution in [3.05, 3.63) is 99.2 Å². The van der Waals surface area contributed by atoms with Crippen molar-refractivity contribution < 1.29 is 0 Å². The fourth-order valence-electron chi connectivity index (χ4n) is 4.63. The van der Waals surface area contributed by atoms with E-state index >= 15 is 0 Å². The molecule has 3 aromatic carbocycles. The first-order chi connectivity index (χ1) is 14.6. The second-order valence-corrected chi connectivity index (χ2v) is 10.5. The largest absolute Gasteiger partial charge is 0.359 e. The number of benzene rings is 3. The zero-order valence-corrected chi connectivity index (χ0v) is 20.5. The van der Waals surface area contributed by atoms with Gasteiger partial charge in [-0.15, -0.1) is 11.6 Å². The molecule has 31 heavy (non-hydrogen) atoms. The Bertz CT molecular complexity index is 1160. The van der Waals surface area contributed by atoms with E-state index in [0.717, 1.165) is 33.1 Å². The summed E-state index contributed by atoms with van der Waals surface area (Å²) in [6.07, 6.45) is 0. The van der Waals surface area contributed by atoms with E-state index in [-0.39, 0.29) is 16.7 Å². The van der Waals surface area contributed by atoms with Gasteiger partial charge < -0.3 is 5.32 Å². The highest BCUT2D eigenvalue weighted by molar-refractivity contribution is 6.33. The number of allylic oxidation sites excluding steroid dienone is 1. The number of aryl methyl sites for hydroxylation is 3. The molecule has 0 bridgehead atoms. The van der Waals surface area contributed by atoms with Crippen LogP contribution in [0.2, 0.25) is 10.0 Å². The SMILES string of the molecule is C=C(Nc1ccc(Cl)c(-c2ccc(Cl)c(C)c2)c1)C1C(c2cc(C)cc(C)c2)C1(C)Cl. The maximum absolute atomic E-state index is 6.92. The highest BCUT2D eigenvalue weighted by Crippen LogP contribution is 2.64. The Labute approximate surface area is 200 Å². The molecule has 1 aliphatic rings. The lowest BCUT2D eigenvalue weighted by Gasteiger charge is -2.14. The van der Waals surface area contributed by atoms with Crippen LogP contribution in [0.25, 0.3) is 11.1 Å². The molecule has 3 atom stereocenters. The molecular formula is C27H26Cl3N. The van der Waals surface area contributed by atoms with Gasteiger partial charge in [-0.1, -0.05) is 65.2 Å².